The molecule has 20 heteroatoms. The Labute approximate surface area is 394 Å². The molecule has 0 unspecified atom stereocenters. The molecule has 0 aliphatic rings. The Balaban J connectivity index is 1.66. The average Bonchev–Trinajstić information content (AvgIpc) is 3.71. The van der Waals surface area contributed by atoms with Gasteiger partial charge in [-0.3, -0.25) is 28.8 Å². The lowest BCUT2D eigenvalue weighted by Gasteiger charge is -2.28. The molecular weight excluding hydrogens is 887 g/mol. The summed E-state index contributed by atoms with van der Waals surface area (Å²) in [6.07, 6.45) is 2.53. The Morgan fingerprint density at radius 1 is 0.606 bits per heavy atom. The number of aromatic amines is 1. The van der Waals surface area contributed by atoms with Crippen LogP contribution in [0.15, 0.2) is 85.1 Å². The number of nitrogens with one attached hydrogen (secondary N) is 7. The van der Waals surface area contributed by atoms with E-state index in [9.17, 15) is 43.8 Å². The molecule has 0 radical (unpaired) electrons. The summed E-state index contributed by atoms with van der Waals surface area (Å²) in [6, 6.07) is 13.5. The van der Waals surface area contributed by atoms with E-state index < -0.39 is 89.6 Å². The summed E-state index contributed by atoms with van der Waals surface area (Å²) in [5, 5.41) is 36.4. The van der Waals surface area contributed by atoms with E-state index in [1.54, 1.807) is 56.4 Å². The van der Waals surface area contributed by atoms with Gasteiger partial charge in [0.2, 0.25) is 35.4 Å². The number of phenols is 1. The van der Waals surface area contributed by atoms with Crippen LogP contribution in [0.5, 0.6) is 5.75 Å². The number of hydrogen-bond donors (Lipinski definition) is 13. The van der Waals surface area contributed by atoms with Gasteiger partial charge in [0.15, 0.2) is 0 Å². The molecule has 4 aromatic rings. The number of hydrogen-bond acceptors (Lipinski definition) is 12. The van der Waals surface area contributed by atoms with E-state index in [-0.39, 0.29) is 49.5 Å². The molecule has 0 aliphatic heterocycles. The molecule has 0 bridgehead atoms. The smallest absolute Gasteiger partial charge is 0.326 e. The number of aromatic nitrogens is 1. The van der Waals surface area contributed by atoms with Gasteiger partial charge < -0.3 is 58.6 Å². The summed E-state index contributed by atoms with van der Waals surface area (Å²) in [7, 11) is 0. The van der Waals surface area contributed by atoms with Crippen LogP contribution in [0.25, 0.3) is 10.9 Å². The molecule has 6 amide bonds. The van der Waals surface area contributed by atoms with E-state index >= 15 is 0 Å². The number of phenolic OH excluding ortho intramolecular Hbond substituents is 1. The minimum Gasteiger partial charge on any atom is -0.508 e. The van der Waals surface area contributed by atoms with Crippen LogP contribution in [0.2, 0.25) is 0 Å². The number of para-hydroxylation sites is 1. The van der Waals surface area contributed by atoms with Crippen molar-refractivity contribution in [1.82, 2.24) is 36.9 Å². The zero-order chi connectivity index (χ0) is 48.3. The summed E-state index contributed by atoms with van der Waals surface area (Å²) < 4.78 is 0. The minimum atomic E-state index is -1.36. The summed E-state index contributed by atoms with van der Waals surface area (Å²) in [5.74, 6) is -6.46. The summed E-state index contributed by atoms with van der Waals surface area (Å²) >= 11 is 8.35. The molecule has 66 heavy (non-hydrogen) atoms. The highest BCUT2D eigenvalue weighted by Gasteiger charge is 2.34. The van der Waals surface area contributed by atoms with Crippen LogP contribution in [-0.4, -0.2) is 117 Å². The second-order valence-electron chi connectivity index (χ2n) is 16.3. The van der Waals surface area contributed by atoms with E-state index in [1.165, 1.54) is 12.1 Å². The van der Waals surface area contributed by atoms with Crippen LogP contribution in [0.1, 0.15) is 49.8 Å². The number of carboxylic acid groups (broad SMARTS) is 1. The van der Waals surface area contributed by atoms with E-state index in [1.807, 2.05) is 30.3 Å². The highest BCUT2D eigenvalue weighted by molar-refractivity contribution is 7.80. The van der Waals surface area contributed by atoms with Gasteiger partial charge in [-0.2, -0.15) is 25.3 Å². The Bertz CT molecular complexity index is 2260. The first-order chi connectivity index (χ1) is 31.5. The second-order valence-corrected chi connectivity index (χ2v) is 17.0. The fourth-order valence-corrected chi connectivity index (χ4v) is 7.46. The van der Waals surface area contributed by atoms with Crippen molar-refractivity contribution in [1.29, 1.82) is 0 Å². The topological polar surface area (TPSA) is 300 Å². The van der Waals surface area contributed by atoms with E-state index in [0.29, 0.717) is 24.0 Å². The highest BCUT2D eigenvalue weighted by Crippen LogP contribution is 2.20. The minimum absolute atomic E-state index is 0.0127. The number of rotatable bonds is 26. The van der Waals surface area contributed by atoms with Crippen LogP contribution in [0, 0.1) is 5.92 Å². The number of benzene rings is 3. The van der Waals surface area contributed by atoms with E-state index in [4.69, 9.17) is 11.5 Å². The predicted octanol–water partition coefficient (Wildman–Crippen LogP) is 0.867. The van der Waals surface area contributed by atoms with Crippen molar-refractivity contribution in [2.24, 2.45) is 17.4 Å². The third-order valence-electron chi connectivity index (χ3n) is 10.8. The largest absolute Gasteiger partial charge is 0.508 e. The van der Waals surface area contributed by atoms with Gasteiger partial charge in [-0.1, -0.05) is 74.5 Å². The van der Waals surface area contributed by atoms with Crippen molar-refractivity contribution in [3.8, 4) is 5.75 Å². The molecule has 0 saturated heterocycles. The fourth-order valence-electron chi connectivity index (χ4n) is 7.04. The molecule has 1 aromatic heterocycles. The van der Waals surface area contributed by atoms with Crippen molar-refractivity contribution in [3.63, 3.8) is 0 Å². The quantitative estimate of drug-likeness (QED) is 0.0310. The summed E-state index contributed by atoms with van der Waals surface area (Å²) in [6.45, 7) is 3.51. The first kappa shape index (κ1) is 52.5. The van der Waals surface area contributed by atoms with Crippen LogP contribution in [0.3, 0.4) is 0 Å². The average molecular weight is 948 g/mol. The van der Waals surface area contributed by atoms with Crippen LogP contribution in [0.4, 0.5) is 0 Å². The SMILES string of the molecule is CC(C)[C@H](NC(=O)[C@H](CS)NC(=O)[C@H](Cc1ccc(O)cc1)NC(=O)[C@H](CCCCN)NC(=O)[C@H](Cc1c[nH]c2ccccc12)NC(=O)[C@H](Cc1ccccc1)NC(=O)[C@@H](N)CS)C(=O)O. The van der Waals surface area contributed by atoms with Gasteiger partial charge in [0.05, 0.1) is 6.04 Å². The molecule has 18 nitrogen and oxygen atoms in total. The Kier molecular flexibility index (Phi) is 20.8. The number of fused-ring (bicyclic) bond motifs is 1. The van der Waals surface area contributed by atoms with Gasteiger partial charge >= 0.3 is 5.97 Å². The third kappa shape index (κ3) is 15.8. The van der Waals surface area contributed by atoms with E-state index in [2.05, 4.69) is 62.1 Å². The number of nitrogens with two attached hydrogens (primary N) is 2. The number of aromatic hydroxyl groups is 1. The summed E-state index contributed by atoms with van der Waals surface area (Å²) in [5.41, 5.74) is 14.5. The Morgan fingerprint density at radius 2 is 1.11 bits per heavy atom. The molecule has 0 aliphatic carbocycles. The highest BCUT2D eigenvalue weighted by atomic mass is 32.1. The van der Waals surface area contributed by atoms with Gasteiger partial charge in [-0.15, -0.1) is 0 Å². The van der Waals surface area contributed by atoms with Crippen LogP contribution < -0.4 is 43.4 Å². The van der Waals surface area contributed by atoms with Gasteiger partial charge in [-0.25, -0.2) is 4.79 Å². The monoisotopic (exact) mass is 947 g/mol. The van der Waals surface area contributed by atoms with E-state index in [0.717, 1.165) is 16.5 Å². The lowest BCUT2D eigenvalue weighted by molar-refractivity contribution is -0.143. The molecule has 1 heterocycles. The molecule has 13 N–H and O–H groups in total. The number of amides is 6. The van der Waals surface area contributed by atoms with Crippen molar-refractivity contribution < 1.29 is 43.8 Å². The lowest BCUT2D eigenvalue weighted by atomic mass is 10.0. The van der Waals surface area contributed by atoms with Crippen molar-refractivity contribution >= 4 is 77.6 Å². The predicted molar refractivity (Wildman–Crippen MR) is 257 cm³/mol. The van der Waals surface area contributed by atoms with Crippen molar-refractivity contribution in [3.05, 3.63) is 102 Å². The standard InChI is InChI=1S/C46H61N9O9S2/c1-26(2)39(46(63)64)55-45(62)38(25-66)54-43(60)36(21-28-15-17-30(56)18-16-28)52-41(58)34(14-8-9-19-47)50-44(61)37(22-29-23-49-33-13-7-6-12-31(29)33)53-42(59)35(51-40(57)32(48)24-65)20-27-10-4-3-5-11-27/h3-7,10-13,15-18,23,26,32,34-39,49,56,65-66H,8-9,14,19-22,24-25,47-48H2,1-2H3,(H,50,61)(H,51,57)(H,52,58)(H,53,59)(H,54,60)(H,55,62)(H,63,64)/t32-,34-,35-,36-,37-,38-,39-/m0/s1. The fraction of sp³-hybridized carbons (Fsp3) is 0.413. The number of carboxylic acids is 1. The number of unbranched alkanes of at least 4 members (excludes halogenated alkanes) is 1. The van der Waals surface area contributed by atoms with Crippen LogP contribution >= 0.6 is 25.3 Å². The van der Waals surface area contributed by atoms with Gasteiger partial charge in [0.1, 0.15) is 42.0 Å². The maximum Gasteiger partial charge on any atom is 0.326 e. The van der Waals surface area contributed by atoms with Crippen molar-refractivity contribution in [2.75, 3.05) is 18.1 Å². The van der Waals surface area contributed by atoms with Gasteiger partial charge in [0.25, 0.3) is 0 Å². The Hall–Kier alpha value is -6.09. The maximum atomic E-state index is 14.6. The molecular formula is C46H61N9O9S2. The molecule has 0 saturated carbocycles. The molecule has 0 fully saturated rings. The number of aliphatic carboxylic acids is 1. The number of carbonyl (C=O) groups is 7. The zero-order valence-electron chi connectivity index (χ0n) is 36.9. The van der Waals surface area contributed by atoms with Crippen LogP contribution in [-0.2, 0) is 52.8 Å². The normalized spacial score (nSPS) is 14.4. The number of carbonyl (C=O) groups excluding carboxylic acids is 6. The van der Waals surface area contributed by atoms with Crippen molar-refractivity contribution in [2.45, 2.75) is 94.7 Å². The molecule has 3 aromatic carbocycles. The third-order valence-corrected chi connectivity index (χ3v) is 11.6. The molecule has 356 valence electrons. The Morgan fingerprint density at radius 3 is 1.67 bits per heavy atom. The van der Waals surface area contributed by atoms with Gasteiger partial charge in [0, 0.05) is 47.9 Å². The maximum absolute atomic E-state index is 14.6. The first-order valence-electron chi connectivity index (χ1n) is 21.6. The molecule has 7 atom stereocenters. The number of H-pyrrole nitrogens is 1. The van der Waals surface area contributed by atoms with Gasteiger partial charge in [-0.05, 0) is 66.6 Å². The zero-order valence-corrected chi connectivity index (χ0v) is 38.7. The first-order valence-corrected chi connectivity index (χ1v) is 22.9. The number of thiol groups is 2. The summed E-state index contributed by atoms with van der Waals surface area (Å²) in [4.78, 5) is 98.5. The lowest BCUT2D eigenvalue weighted by Crippen LogP contribution is -2.61. The second kappa shape index (κ2) is 26.2. The molecule has 4 rings (SSSR count). The molecule has 0 spiro atoms.